The highest BCUT2D eigenvalue weighted by Crippen LogP contribution is 2.43. The molecule has 0 bridgehead atoms. The van der Waals surface area contributed by atoms with Gasteiger partial charge in [0.2, 0.25) is 0 Å². The van der Waals surface area contributed by atoms with Gasteiger partial charge in [-0.25, -0.2) is 0 Å². The first-order chi connectivity index (χ1) is 10.2. The van der Waals surface area contributed by atoms with Gasteiger partial charge in [-0.3, -0.25) is 9.89 Å². The van der Waals surface area contributed by atoms with Crippen LogP contribution in [0.3, 0.4) is 0 Å². The third-order valence-electron chi connectivity index (χ3n) is 4.63. The Morgan fingerprint density at radius 3 is 2.64 bits per heavy atom. The smallest absolute Gasteiger partial charge is 0.275 e. The number of hydrogen-bond acceptors (Lipinski definition) is 3. The normalized spacial score (nSPS) is 19.1. The summed E-state index contributed by atoms with van der Waals surface area (Å²) >= 11 is 3.56. The molecule has 124 valence electrons. The second kappa shape index (κ2) is 7.79. The Morgan fingerprint density at radius 1 is 1.36 bits per heavy atom. The maximum atomic E-state index is 12.6. The molecule has 0 atom stereocenters. The predicted molar refractivity (Wildman–Crippen MR) is 92.7 cm³/mol. The molecule has 1 aromatic heterocycles. The molecule has 1 saturated heterocycles. The van der Waals surface area contributed by atoms with E-state index in [1.54, 1.807) is 0 Å². The molecule has 5 nitrogen and oxygen atoms in total. The Kier molecular flexibility index (Phi) is 6.29. The van der Waals surface area contributed by atoms with Gasteiger partial charge in [0, 0.05) is 19.0 Å². The molecule has 1 aromatic rings. The van der Waals surface area contributed by atoms with Gasteiger partial charge in [0.1, 0.15) is 0 Å². The van der Waals surface area contributed by atoms with Gasteiger partial charge in [-0.1, -0.05) is 0 Å². The molecular formula is C15H24BrClN4O. The van der Waals surface area contributed by atoms with E-state index in [4.69, 9.17) is 0 Å². The molecule has 0 aromatic carbocycles. The number of H-pyrrole nitrogens is 1. The second-order valence-electron chi connectivity index (χ2n) is 6.20. The fourth-order valence-electron chi connectivity index (χ4n) is 3.05. The number of aromatic amines is 1. The Bertz CT molecular complexity index is 510. The molecule has 1 amide bonds. The number of carbonyl (C=O) groups excluding carboxylic acids is 1. The minimum atomic E-state index is 0. The van der Waals surface area contributed by atoms with Crippen LogP contribution in [0.1, 0.15) is 54.2 Å². The van der Waals surface area contributed by atoms with Gasteiger partial charge in [-0.2, -0.15) is 5.10 Å². The van der Waals surface area contributed by atoms with E-state index in [-0.39, 0.29) is 18.3 Å². The molecule has 2 aliphatic rings. The van der Waals surface area contributed by atoms with Crippen molar-refractivity contribution in [3.63, 3.8) is 0 Å². The molecule has 3 rings (SSSR count). The van der Waals surface area contributed by atoms with Crippen molar-refractivity contribution in [3.05, 3.63) is 15.9 Å². The van der Waals surface area contributed by atoms with Crippen molar-refractivity contribution in [1.29, 1.82) is 0 Å². The van der Waals surface area contributed by atoms with Crippen LogP contribution in [-0.4, -0.2) is 47.7 Å². The van der Waals surface area contributed by atoms with Crippen LogP contribution in [0.4, 0.5) is 0 Å². The number of carbonyl (C=O) groups is 1. The third kappa shape index (κ3) is 3.84. The fraction of sp³-hybridized carbons (Fsp3) is 0.733. The van der Waals surface area contributed by atoms with Crippen LogP contribution in [0.15, 0.2) is 4.47 Å². The van der Waals surface area contributed by atoms with Gasteiger partial charge < -0.3 is 10.2 Å². The number of amides is 1. The van der Waals surface area contributed by atoms with Crippen molar-refractivity contribution in [3.8, 4) is 0 Å². The van der Waals surface area contributed by atoms with Crippen LogP contribution in [0.2, 0.25) is 0 Å². The average Bonchev–Trinajstić information content (AvgIpc) is 3.28. The highest BCUT2D eigenvalue weighted by atomic mass is 79.9. The number of halogens is 2. The standard InChI is InChI=1S/C15H23BrN4O.ClH/c1-17-7-4-10-5-8-20(9-6-10)15(21)14-12(16)13(18-19-14)11-2-3-11;/h10-11,17H,2-9H2,1H3,(H,18,19);1H. The Morgan fingerprint density at radius 2 is 2.05 bits per heavy atom. The van der Waals surface area contributed by atoms with E-state index >= 15 is 0 Å². The summed E-state index contributed by atoms with van der Waals surface area (Å²) in [4.78, 5) is 14.6. The zero-order valence-electron chi connectivity index (χ0n) is 12.9. The van der Waals surface area contributed by atoms with Crippen molar-refractivity contribution in [2.24, 2.45) is 5.92 Å². The van der Waals surface area contributed by atoms with Gasteiger partial charge >= 0.3 is 0 Å². The largest absolute Gasteiger partial charge is 0.337 e. The van der Waals surface area contributed by atoms with Gasteiger partial charge in [-0.05, 0) is 67.5 Å². The highest BCUT2D eigenvalue weighted by Gasteiger charge is 2.32. The molecule has 2 fully saturated rings. The summed E-state index contributed by atoms with van der Waals surface area (Å²) in [5, 5.41) is 10.5. The maximum Gasteiger partial charge on any atom is 0.275 e. The molecule has 2 heterocycles. The molecule has 0 spiro atoms. The first-order valence-electron chi connectivity index (χ1n) is 7.88. The summed E-state index contributed by atoms with van der Waals surface area (Å²) in [5.74, 6) is 1.38. The SMILES string of the molecule is CNCCC1CCN(C(=O)c2n[nH]c(C3CC3)c2Br)CC1.Cl. The first-order valence-corrected chi connectivity index (χ1v) is 8.67. The number of aromatic nitrogens is 2. The van der Waals surface area contributed by atoms with Crippen LogP contribution in [0.25, 0.3) is 0 Å². The Hall–Kier alpha value is -0.590. The number of hydrogen-bond donors (Lipinski definition) is 2. The molecule has 0 unspecified atom stereocenters. The number of nitrogens with one attached hydrogen (secondary N) is 2. The lowest BCUT2D eigenvalue weighted by Crippen LogP contribution is -2.39. The predicted octanol–water partition coefficient (Wildman–Crippen LogP) is 2.93. The lowest BCUT2D eigenvalue weighted by Gasteiger charge is -2.31. The summed E-state index contributed by atoms with van der Waals surface area (Å²) < 4.78 is 0.882. The first kappa shape index (κ1) is 17.8. The molecule has 1 saturated carbocycles. The van der Waals surface area contributed by atoms with Crippen LogP contribution < -0.4 is 5.32 Å². The van der Waals surface area contributed by atoms with Crippen LogP contribution in [0.5, 0.6) is 0 Å². The van der Waals surface area contributed by atoms with Crippen LogP contribution in [0, 0.1) is 5.92 Å². The van der Waals surface area contributed by atoms with Crippen molar-refractivity contribution >= 4 is 34.2 Å². The lowest BCUT2D eigenvalue weighted by molar-refractivity contribution is 0.0680. The summed E-state index contributed by atoms with van der Waals surface area (Å²) in [6, 6.07) is 0. The van der Waals surface area contributed by atoms with E-state index in [0.717, 1.165) is 48.6 Å². The Labute approximate surface area is 146 Å². The molecule has 7 heteroatoms. The summed E-state index contributed by atoms with van der Waals surface area (Å²) in [6.45, 7) is 2.77. The summed E-state index contributed by atoms with van der Waals surface area (Å²) in [7, 11) is 1.99. The van der Waals surface area contributed by atoms with Gasteiger partial charge in [0.25, 0.3) is 5.91 Å². The molecular weight excluding hydrogens is 368 g/mol. The van der Waals surface area contributed by atoms with E-state index in [2.05, 4.69) is 31.4 Å². The number of nitrogens with zero attached hydrogens (tertiary/aromatic N) is 2. The number of piperidine rings is 1. The molecule has 2 N–H and O–H groups in total. The summed E-state index contributed by atoms with van der Waals surface area (Å²) in [6.07, 6.45) is 5.81. The lowest BCUT2D eigenvalue weighted by atomic mass is 9.93. The molecule has 1 aliphatic heterocycles. The van der Waals surface area contributed by atoms with Crippen molar-refractivity contribution in [2.75, 3.05) is 26.7 Å². The monoisotopic (exact) mass is 390 g/mol. The minimum Gasteiger partial charge on any atom is -0.337 e. The van der Waals surface area contributed by atoms with E-state index in [0.29, 0.717) is 11.6 Å². The van der Waals surface area contributed by atoms with Crippen molar-refractivity contribution in [2.45, 2.75) is 38.0 Å². The Balaban J connectivity index is 0.00000176. The van der Waals surface area contributed by atoms with E-state index in [1.807, 2.05) is 11.9 Å². The second-order valence-corrected chi connectivity index (χ2v) is 6.99. The third-order valence-corrected chi connectivity index (χ3v) is 5.43. The zero-order valence-corrected chi connectivity index (χ0v) is 15.3. The van der Waals surface area contributed by atoms with Gasteiger partial charge in [0.15, 0.2) is 5.69 Å². The van der Waals surface area contributed by atoms with E-state index < -0.39 is 0 Å². The van der Waals surface area contributed by atoms with Crippen molar-refractivity contribution < 1.29 is 4.79 Å². The van der Waals surface area contributed by atoms with Gasteiger partial charge in [0.05, 0.1) is 10.2 Å². The quantitative estimate of drug-likeness (QED) is 0.811. The van der Waals surface area contributed by atoms with E-state index in [1.165, 1.54) is 19.3 Å². The average molecular weight is 392 g/mol. The maximum absolute atomic E-state index is 12.6. The summed E-state index contributed by atoms with van der Waals surface area (Å²) in [5.41, 5.74) is 1.66. The fourth-order valence-corrected chi connectivity index (χ4v) is 3.72. The number of rotatable bonds is 5. The highest BCUT2D eigenvalue weighted by molar-refractivity contribution is 9.10. The van der Waals surface area contributed by atoms with Crippen LogP contribution >= 0.6 is 28.3 Å². The molecule has 1 aliphatic carbocycles. The van der Waals surface area contributed by atoms with Gasteiger partial charge in [-0.15, -0.1) is 12.4 Å². The number of likely N-dealkylation sites (tertiary alicyclic amines) is 1. The van der Waals surface area contributed by atoms with Crippen LogP contribution in [-0.2, 0) is 0 Å². The minimum absolute atomic E-state index is 0. The van der Waals surface area contributed by atoms with Crippen molar-refractivity contribution in [1.82, 2.24) is 20.4 Å². The molecule has 22 heavy (non-hydrogen) atoms. The molecule has 0 radical (unpaired) electrons. The zero-order chi connectivity index (χ0) is 14.8. The topological polar surface area (TPSA) is 61.0 Å². The van der Waals surface area contributed by atoms with E-state index in [9.17, 15) is 4.79 Å².